The number of hydrogen-bond acceptors (Lipinski definition) is 2. The molecule has 3 rings (SSSR count). The van der Waals surface area contributed by atoms with Crippen molar-refractivity contribution in [2.75, 3.05) is 0 Å². The Morgan fingerprint density at radius 2 is 1.78 bits per heavy atom. The zero-order chi connectivity index (χ0) is 12.5. The van der Waals surface area contributed by atoms with Gasteiger partial charge in [-0.05, 0) is 25.0 Å². The van der Waals surface area contributed by atoms with Crippen molar-refractivity contribution in [3.05, 3.63) is 30.3 Å². The van der Waals surface area contributed by atoms with Gasteiger partial charge < -0.3 is 15.4 Å². The smallest absolute Gasteiger partial charge is 0.315 e. The van der Waals surface area contributed by atoms with Crippen LogP contribution in [0.25, 0.3) is 0 Å². The fourth-order valence-electron chi connectivity index (χ4n) is 3.27. The zero-order valence-corrected chi connectivity index (χ0v) is 10.3. The summed E-state index contributed by atoms with van der Waals surface area (Å²) >= 11 is 0. The van der Waals surface area contributed by atoms with E-state index >= 15 is 0 Å². The van der Waals surface area contributed by atoms with E-state index in [0.717, 1.165) is 31.4 Å². The van der Waals surface area contributed by atoms with E-state index in [0.29, 0.717) is 0 Å². The van der Waals surface area contributed by atoms with Crippen LogP contribution in [0.2, 0.25) is 0 Å². The molecule has 2 aliphatic heterocycles. The van der Waals surface area contributed by atoms with E-state index in [4.69, 9.17) is 10.5 Å². The molecule has 2 N–H and O–H groups in total. The number of rotatable bonds is 2. The van der Waals surface area contributed by atoms with Crippen LogP contribution in [-0.2, 0) is 0 Å². The van der Waals surface area contributed by atoms with Crippen molar-refractivity contribution < 1.29 is 9.53 Å². The zero-order valence-electron chi connectivity index (χ0n) is 10.3. The number of ether oxygens (including phenoxy) is 1. The van der Waals surface area contributed by atoms with Crippen molar-refractivity contribution >= 4 is 6.03 Å². The number of para-hydroxylation sites is 1. The summed E-state index contributed by atoms with van der Waals surface area (Å²) in [4.78, 5) is 13.2. The van der Waals surface area contributed by atoms with Gasteiger partial charge in [0.15, 0.2) is 0 Å². The van der Waals surface area contributed by atoms with Crippen LogP contribution in [-0.4, -0.2) is 29.1 Å². The molecule has 0 radical (unpaired) electrons. The predicted octanol–water partition coefficient (Wildman–Crippen LogP) is 2.14. The molecule has 18 heavy (non-hydrogen) atoms. The lowest BCUT2D eigenvalue weighted by Gasteiger charge is -2.37. The lowest BCUT2D eigenvalue weighted by molar-refractivity contribution is 0.0718. The number of benzene rings is 1. The van der Waals surface area contributed by atoms with Crippen molar-refractivity contribution in [2.45, 2.75) is 43.9 Å². The third kappa shape index (κ3) is 2.03. The number of nitrogens with zero attached hydrogens (tertiary/aromatic N) is 1. The van der Waals surface area contributed by atoms with Crippen molar-refractivity contribution in [1.29, 1.82) is 0 Å². The number of fused-ring (bicyclic) bond motifs is 2. The summed E-state index contributed by atoms with van der Waals surface area (Å²) in [5.74, 6) is 0.912. The van der Waals surface area contributed by atoms with Gasteiger partial charge in [0.25, 0.3) is 0 Å². The molecule has 2 fully saturated rings. The lowest BCUT2D eigenvalue weighted by Crippen LogP contribution is -2.51. The maximum Gasteiger partial charge on any atom is 0.315 e. The van der Waals surface area contributed by atoms with Gasteiger partial charge in [0.2, 0.25) is 0 Å². The first-order valence-electron chi connectivity index (χ1n) is 6.53. The van der Waals surface area contributed by atoms with Gasteiger partial charge in [-0.3, -0.25) is 0 Å². The third-order valence-corrected chi connectivity index (χ3v) is 3.99. The van der Waals surface area contributed by atoms with Gasteiger partial charge in [0.1, 0.15) is 11.9 Å². The SMILES string of the molecule is NC(=O)N1C2CC[C@H]1CC(Oc1ccccc1)C2. The molecule has 1 aromatic rings. The fourth-order valence-corrected chi connectivity index (χ4v) is 3.27. The molecule has 0 saturated carbocycles. The van der Waals surface area contributed by atoms with E-state index in [9.17, 15) is 4.79 Å². The Bertz CT molecular complexity index is 421. The van der Waals surface area contributed by atoms with Crippen LogP contribution in [0.1, 0.15) is 25.7 Å². The number of piperidine rings is 1. The maximum absolute atomic E-state index is 11.4. The molecule has 2 saturated heterocycles. The second-order valence-corrected chi connectivity index (χ2v) is 5.15. The number of primary amides is 1. The minimum absolute atomic E-state index is 0.209. The molecule has 0 aliphatic carbocycles. The Balaban J connectivity index is 1.67. The lowest BCUT2D eigenvalue weighted by atomic mass is 10.00. The Kier molecular flexibility index (Phi) is 2.86. The third-order valence-electron chi connectivity index (χ3n) is 3.99. The van der Waals surface area contributed by atoms with Crippen molar-refractivity contribution in [3.8, 4) is 5.75 Å². The highest BCUT2D eigenvalue weighted by Crippen LogP contribution is 2.36. The fraction of sp³-hybridized carbons (Fsp3) is 0.500. The Morgan fingerprint density at radius 3 is 2.33 bits per heavy atom. The second kappa shape index (κ2) is 4.52. The number of amides is 2. The number of nitrogens with two attached hydrogens (primary N) is 1. The van der Waals surface area contributed by atoms with Crippen molar-refractivity contribution in [3.63, 3.8) is 0 Å². The highest BCUT2D eigenvalue weighted by molar-refractivity contribution is 5.73. The molecule has 4 heteroatoms. The van der Waals surface area contributed by atoms with E-state index in [-0.39, 0.29) is 24.2 Å². The van der Waals surface area contributed by atoms with Gasteiger partial charge in [-0.2, -0.15) is 0 Å². The van der Waals surface area contributed by atoms with E-state index < -0.39 is 0 Å². The van der Waals surface area contributed by atoms with Crippen LogP contribution in [0.5, 0.6) is 5.75 Å². The number of carbonyl (C=O) groups excluding carboxylic acids is 1. The molecule has 2 bridgehead atoms. The molecule has 4 nitrogen and oxygen atoms in total. The Labute approximate surface area is 107 Å². The average molecular weight is 246 g/mol. The van der Waals surface area contributed by atoms with Gasteiger partial charge in [0.05, 0.1) is 0 Å². The summed E-state index contributed by atoms with van der Waals surface area (Å²) in [6.45, 7) is 0. The molecule has 0 spiro atoms. The summed E-state index contributed by atoms with van der Waals surface area (Å²) in [5, 5.41) is 0. The molecule has 3 atom stereocenters. The van der Waals surface area contributed by atoms with E-state index in [1.54, 1.807) is 0 Å². The quantitative estimate of drug-likeness (QED) is 0.869. The molecule has 2 unspecified atom stereocenters. The van der Waals surface area contributed by atoms with E-state index in [2.05, 4.69) is 0 Å². The molecule has 0 aromatic heterocycles. The largest absolute Gasteiger partial charge is 0.490 e. The molecule has 2 heterocycles. The molecule has 2 amide bonds. The number of hydrogen-bond donors (Lipinski definition) is 1. The summed E-state index contributed by atoms with van der Waals surface area (Å²) in [6.07, 6.45) is 4.12. The van der Waals surface area contributed by atoms with E-state index in [1.807, 2.05) is 35.2 Å². The molecule has 1 aromatic carbocycles. The van der Waals surface area contributed by atoms with Crippen LogP contribution in [0, 0.1) is 0 Å². The van der Waals surface area contributed by atoms with Gasteiger partial charge in [-0.25, -0.2) is 4.79 Å². The molecular weight excluding hydrogens is 228 g/mol. The molecular formula is C14H18N2O2. The number of urea groups is 1. The summed E-state index contributed by atoms with van der Waals surface area (Å²) in [5.41, 5.74) is 5.43. The predicted molar refractivity (Wildman–Crippen MR) is 68.3 cm³/mol. The van der Waals surface area contributed by atoms with Crippen molar-refractivity contribution in [1.82, 2.24) is 4.90 Å². The highest BCUT2D eigenvalue weighted by atomic mass is 16.5. The maximum atomic E-state index is 11.4. The first-order chi connectivity index (χ1) is 8.74. The van der Waals surface area contributed by atoms with Gasteiger partial charge in [-0.15, -0.1) is 0 Å². The topological polar surface area (TPSA) is 55.6 Å². The van der Waals surface area contributed by atoms with Crippen LogP contribution in [0.4, 0.5) is 4.79 Å². The summed E-state index contributed by atoms with van der Waals surface area (Å²) < 4.78 is 5.99. The van der Waals surface area contributed by atoms with Crippen LogP contribution in [0.3, 0.4) is 0 Å². The monoisotopic (exact) mass is 246 g/mol. The van der Waals surface area contributed by atoms with Gasteiger partial charge in [-0.1, -0.05) is 18.2 Å². The van der Waals surface area contributed by atoms with Crippen LogP contribution >= 0.6 is 0 Å². The first-order valence-corrected chi connectivity index (χ1v) is 6.53. The minimum atomic E-state index is -0.277. The molecule has 96 valence electrons. The van der Waals surface area contributed by atoms with Gasteiger partial charge >= 0.3 is 6.03 Å². The summed E-state index contributed by atoms with van der Waals surface area (Å²) in [7, 11) is 0. The van der Waals surface area contributed by atoms with Crippen molar-refractivity contribution in [2.24, 2.45) is 5.73 Å². The molecule has 2 aliphatic rings. The minimum Gasteiger partial charge on any atom is -0.490 e. The number of carbonyl (C=O) groups is 1. The van der Waals surface area contributed by atoms with E-state index in [1.165, 1.54) is 0 Å². The first kappa shape index (κ1) is 11.4. The highest BCUT2D eigenvalue weighted by Gasteiger charge is 2.43. The van der Waals surface area contributed by atoms with Gasteiger partial charge in [0, 0.05) is 24.9 Å². The standard InChI is InChI=1S/C14H18N2O2/c15-14(17)16-10-6-7-11(16)9-13(8-10)18-12-4-2-1-3-5-12/h1-5,10-11,13H,6-9H2,(H2,15,17)/t10-,11?,13?/m0/s1. The normalized spacial score (nSPS) is 30.2. The van der Waals surface area contributed by atoms with Crippen LogP contribution < -0.4 is 10.5 Å². The Hall–Kier alpha value is -1.71. The Morgan fingerprint density at radius 1 is 1.17 bits per heavy atom. The summed E-state index contributed by atoms with van der Waals surface area (Å²) in [6, 6.07) is 10.1. The average Bonchev–Trinajstić information content (AvgIpc) is 2.63. The van der Waals surface area contributed by atoms with Crippen LogP contribution in [0.15, 0.2) is 30.3 Å². The second-order valence-electron chi connectivity index (χ2n) is 5.15.